The molecule has 186 valence electrons. The fraction of sp³-hybridized carbons (Fsp3) is 0.259. The number of ether oxygens (including phenoxy) is 1. The number of nitrogens with one attached hydrogen (secondary N) is 3. The predicted octanol–water partition coefficient (Wildman–Crippen LogP) is 4.05. The van der Waals surface area contributed by atoms with Crippen LogP contribution in [-0.2, 0) is 9.53 Å². The van der Waals surface area contributed by atoms with Crippen molar-refractivity contribution in [3.05, 3.63) is 77.9 Å². The van der Waals surface area contributed by atoms with Gasteiger partial charge in [-0.25, -0.2) is 4.98 Å². The van der Waals surface area contributed by atoms with Gasteiger partial charge in [-0.05, 0) is 42.3 Å². The largest absolute Gasteiger partial charge is 0.493 e. The van der Waals surface area contributed by atoms with E-state index >= 15 is 0 Å². The standard InChI is InChI=1S/C27H30N6O2S/c1-4-26(34)30-19-7-5-6-18(12-19)22-17-36-24-16-28-25(14-21(22)24)31-27-23(35-3)13-20(15-29-27)33-10-8-32(2)9-11-33/h4-7,12-14,16-17,29H,1,8-11,15H2,2-3H3,(H,28,31)(H,30,34). The van der Waals surface area contributed by atoms with Crippen LogP contribution in [-0.4, -0.2) is 67.6 Å². The van der Waals surface area contributed by atoms with E-state index in [0.717, 1.165) is 77.0 Å². The quantitative estimate of drug-likeness (QED) is 0.421. The first-order chi connectivity index (χ1) is 17.5. The van der Waals surface area contributed by atoms with E-state index in [1.165, 1.54) is 11.8 Å². The van der Waals surface area contributed by atoms with Crippen LogP contribution in [0, 0.1) is 0 Å². The Hall–Kier alpha value is -3.82. The molecule has 9 heteroatoms. The number of piperazine rings is 1. The summed E-state index contributed by atoms with van der Waals surface area (Å²) in [5.41, 5.74) is 4.07. The molecule has 0 radical (unpaired) electrons. The zero-order chi connectivity index (χ0) is 25.1. The Bertz CT molecular complexity index is 1350. The third-order valence-corrected chi connectivity index (χ3v) is 7.39. The van der Waals surface area contributed by atoms with Gasteiger partial charge >= 0.3 is 0 Å². The number of hydrogen-bond donors (Lipinski definition) is 3. The first-order valence-electron chi connectivity index (χ1n) is 11.9. The molecule has 2 aromatic heterocycles. The van der Waals surface area contributed by atoms with Gasteiger partial charge in [0, 0.05) is 60.8 Å². The summed E-state index contributed by atoms with van der Waals surface area (Å²) < 4.78 is 6.80. The van der Waals surface area contributed by atoms with E-state index in [1.54, 1.807) is 18.4 Å². The summed E-state index contributed by atoms with van der Waals surface area (Å²) in [6.07, 6.45) is 5.26. The third kappa shape index (κ3) is 5.07. The van der Waals surface area contributed by atoms with Gasteiger partial charge in [-0.3, -0.25) is 4.79 Å². The van der Waals surface area contributed by atoms with E-state index in [9.17, 15) is 4.79 Å². The van der Waals surface area contributed by atoms with Crippen molar-refractivity contribution in [3.8, 4) is 11.1 Å². The molecule has 36 heavy (non-hydrogen) atoms. The van der Waals surface area contributed by atoms with Gasteiger partial charge in [-0.15, -0.1) is 11.3 Å². The number of carbonyl (C=O) groups is 1. The number of thiophene rings is 1. The molecule has 0 unspecified atom stereocenters. The first kappa shape index (κ1) is 23.9. The van der Waals surface area contributed by atoms with E-state index in [2.05, 4.69) is 61.9 Å². The Morgan fingerprint density at radius 2 is 2.08 bits per heavy atom. The lowest BCUT2D eigenvalue weighted by molar-refractivity contribution is -0.111. The monoisotopic (exact) mass is 502 g/mol. The number of methoxy groups -OCH3 is 1. The van der Waals surface area contributed by atoms with Gasteiger partial charge in [-0.1, -0.05) is 18.7 Å². The number of likely N-dealkylation sites (N-methyl/N-ethyl adjacent to an activating group) is 1. The number of nitrogens with zero attached hydrogens (tertiary/aromatic N) is 3. The van der Waals surface area contributed by atoms with E-state index in [1.807, 2.05) is 30.5 Å². The van der Waals surface area contributed by atoms with Crippen LogP contribution in [0.3, 0.4) is 0 Å². The van der Waals surface area contributed by atoms with Crippen LogP contribution in [0.5, 0.6) is 0 Å². The Morgan fingerprint density at radius 3 is 2.86 bits per heavy atom. The maximum absolute atomic E-state index is 11.7. The molecule has 8 nitrogen and oxygen atoms in total. The lowest BCUT2D eigenvalue weighted by Crippen LogP contribution is -2.46. The van der Waals surface area contributed by atoms with Crippen LogP contribution in [0.4, 0.5) is 11.5 Å². The molecule has 1 saturated heterocycles. The Kier molecular flexibility index (Phi) is 6.92. The highest BCUT2D eigenvalue weighted by atomic mass is 32.1. The second-order valence-electron chi connectivity index (χ2n) is 8.84. The highest BCUT2D eigenvalue weighted by molar-refractivity contribution is 7.17. The fourth-order valence-electron chi connectivity index (χ4n) is 4.41. The molecule has 1 fully saturated rings. The van der Waals surface area contributed by atoms with Crippen molar-refractivity contribution in [2.45, 2.75) is 0 Å². The van der Waals surface area contributed by atoms with Gasteiger partial charge in [0.05, 0.1) is 18.4 Å². The molecule has 0 saturated carbocycles. The number of aromatic nitrogens is 1. The van der Waals surface area contributed by atoms with Crippen LogP contribution in [0.2, 0.25) is 0 Å². The van der Waals surface area contributed by atoms with Gasteiger partial charge in [0.25, 0.3) is 0 Å². The van der Waals surface area contributed by atoms with Gasteiger partial charge < -0.3 is 30.5 Å². The van der Waals surface area contributed by atoms with Crippen molar-refractivity contribution in [2.24, 2.45) is 0 Å². The van der Waals surface area contributed by atoms with Gasteiger partial charge in [0.2, 0.25) is 5.91 Å². The summed E-state index contributed by atoms with van der Waals surface area (Å²) in [7, 11) is 3.85. The molecule has 0 bridgehead atoms. The van der Waals surface area contributed by atoms with Crippen LogP contribution >= 0.6 is 11.3 Å². The number of pyridine rings is 1. The SMILES string of the molecule is C=CC(=O)Nc1cccc(-c2csc3cnc(NC4=C(OC)C=C(N5CCN(C)CC5)CN4)cc23)c1. The second kappa shape index (κ2) is 10.4. The number of allylic oxidation sites excluding steroid dienone is 1. The number of benzene rings is 1. The molecule has 0 spiro atoms. The molecule has 5 rings (SSSR count). The number of fused-ring (bicyclic) bond motifs is 1. The molecule has 2 aliphatic heterocycles. The maximum atomic E-state index is 11.7. The van der Waals surface area contributed by atoms with E-state index < -0.39 is 0 Å². The smallest absolute Gasteiger partial charge is 0.247 e. The number of carbonyl (C=O) groups excluding carboxylic acids is 1. The van der Waals surface area contributed by atoms with Crippen molar-refractivity contribution < 1.29 is 9.53 Å². The molecule has 1 aromatic carbocycles. The lowest BCUT2D eigenvalue weighted by atomic mass is 10.0. The minimum atomic E-state index is -0.231. The number of amides is 1. The summed E-state index contributed by atoms with van der Waals surface area (Å²) in [6.45, 7) is 8.40. The molecule has 1 amide bonds. The number of hydrogen-bond acceptors (Lipinski definition) is 8. The Labute approximate surface area is 215 Å². The maximum Gasteiger partial charge on any atom is 0.247 e. The molecular weight excluding hydrogens is 472 g/mol. The summed E-state index contributed by atoms with van der Waals surface area (Å²) in [6, 6.07) is 9.86. The normalized spacial score (nSPS) is 16.4. The van der Waals surface area contributed by atoms with Crippen LogP contribution in [0.1, 0.15) is 0 Å². The summed E-state index contributed by atoms with van der Waals surface area (Å²) in [5, 5.41) is 12.9. The summed E-state index contributed by atoms with van der Waals surface area (Å²) in [4.78, 5) is 21.1. The highest BCUT2D eigenvalue weighted by Gasteiger charge is 2.21. The van der Waals surface area contributed by atoms with Crippen molar-refractivity contribution in [2.75, 3.05) is 57.5 Å². The van der Waals surface area contributed by atoms with E-state index in [-0.39, 0.29) is 5.91 Å². The van der Waals surface area contributed by atoms with Gasteiger partial charge in [0.1, 0.15) is 11.6 Å². The third-order valence-electron chi connectivity index (χ3n) is 6.46. The molecule has 3 aromatic rings. The summed E-state index contributed by atoms with van der Waals surface area (Å²) >= 11 is 1.64. The lowest BCUT2D eigenvalue weighted by Gasteiger charge is -2.37. The second-order valence-corrected chi connectivity index (χ2v) is 9.75. The number of rotatable bonds is 7. The highest BCUT2D eigenvalue weighted by Crippen LogP contribution is 2.36. The number of anilines is 2. The van der Waals surface area contributed by atoms with E-state index in [4.69, 9.17) is 4.74 Å². The van der Waals surface area contributed by atoms with Crippen LogP contribution in [0.25, 0.3) is 21.2 Å². The molecule has 3 N–H and O–H groups in total. The molecular formula is C27H30N6O2S. The van der Waals surface area contributed by atoms with Crippen molar-refractivity contribution >= 4 is 38.8 Å². The fourth-order valence-corrected chi connectivity index (χ4v) is 5.33. The van der Waals surface area contributed by atoms with E-state index in [0.29, 0.717) is 0 Å². The average molecular weight is 503 g/mol. The molecule has 0 atom stereocenters. The van der Waals surface area contributed by atoms with Gasteiger partial charge in [0.15, 0.2) is 5.76 Å². The molecule has 2 aliphatic rings. The average Bonchev–Trinajstić information content (AvgIpc) is 3.33. The first-order valence-corrected chi connectivity index (χ1v) is 12.8. The van der Waals surface area contributed by atoms with Crippen LogP contribution in [0.15, 0.2) is 77.9 Å². The Balaban J connectivity index is 1.40. The Morgan fingerprint density at radius 1 is 1.25 bits per heavy atom. The summed E-state index contributed by atoms with van der Waals surface area (Å²) in [5.74, 6) is 2.05. The van der Waals surface area contributed by atoms with Crippen molar-refractivity contribution in [3.63, 3.8) is 0 Å². The zero-order valence-electron chi connectivity index (χ0n) is 20.5. The molecule has 0 aliphatic carbocycles. The van der Waals surface area contributed by atoms with Gasteiger partial charge in [-0.2, -0.15) is 0 Å². The minimum Gasteiger partial charge on any atom is -0.493 e. The zero-order valence-corrected chi connectivity index (χ0v) is 21.3. The topological polar surface area (TPSA) is 81.8 Å². The minimum absolute atomic E-state index is 0.231. The predicted molar refractivity (Wildman–Crippen MR) is 147 cm³/mol. The van der Waals surface area contributed by atoms with Crippen molar-refractivity contribution in [1.82, 2.24) is 20.1 Å². The van der Waals surface area contributed by atoms with Crippen LogP contribution < -0.4 is 16.0 Å². The number of dihydropyridines is 1. The molecule has 4 heterocycles. The van der Waals surface area contributed by atoms with Crippen molar-refractivity contribution in [1.29, 1.82) is 0 Å².